The molecule has 0 radical (unpaired) electrons. The smallest absolute Gasteiger partial charge is 0.274 e. The minimum atomic E-state index is -0.437. The lowest BCUT2D eigenvalue weighted by molar-refractivity contribution is 0.102. The van der Waals surface area contributed by atoms with Crippen molar-refractivity contribution in [1.82, 2.24) is 19.9 Å². The van der Waals surface area contributed by atoms with E-state index in [4.69, 9.17) is 0 Å². The Morgan fingerprint density at radius 1 is 1.13 bits per heavy atom. The molecule has 150 valence electrons. The first-order valence-corrected chi connectivity index (χ1v) is 11.3. The first kappa shape index (κ1) is 20.0. The van der Waals surface area contributed by atoms with Crippen molar-refractivity contribution in [3.63, 3.8) is 0 Å². The number of anilines is 1. The van der Waals surface area contributed by atoms with Crippen molar-refractivity contribution in [1.29, 1.82) is 0 Å². The maximum Gasteiger partial charge on any atom is 0.274 e. The van der Waals surface area contributed by atoms with Crippen LogP contribution in [0.4, 0.5) is 5.69 Å². The third-order valence-electron chi connectivity index (χ3n) is 4.11. The number of H-pyrrole nitrogens is 1. The minimum absolute atomic E-state index is 0.0827. The van der Waals surface area contributed by atoms with Gasteiger partial charge in [-0.3, -0.25) is 14.6 Å². The molecule has 3 aromatic heterocycles. The van der Waals surface area contributed by atoms with Crippen molar-refractivity contribution in [2.75, 3.05) is 11.6 Å². The summed E-state index contributed by atoms with van der Waals surface area (Å²) in [6.07, 6.45) is 3.63. The molecular formula is C21H17N5O2S2. The van der Waals surface area contributed by atoms with E-state index in [0.717, 1.165) is 22.0 Å². The summed E-state index contributed by atoms with van der Waals surface area (Å²) >= 11 is 3.02. The molecule has 9 heteroatoms. The summed E-state index contributed by atoms with van der Waals surface area (Å²) in [4.78, 5) is 40.3. The minimum Gasteiger partial charge on any atom is -0.321 e. The second kappa shape index (κ2) is 9.02. The van der Waals surface area contributed by atoms with Crippen molar-refractivity contribution < 1.29 is 4.79 Å². The number of benzene rings is 1. The van der Waals surface area contributed by atoms with E-state index in [9.17, 15) is 9.59 Å². The van der Waals surface area contributed by atoms with E-state index in [0.29, 0.717) is 17.3 Å². The van der Waals surface area contributed by atoms with Crippen LogP contribution in [0, 0.1) is 0 Å². The number of aromatic nitrogens is 4. The zero-order chi connectivity index (χ0) is 20.9. The summed E-state index contributed by atoms with van der Waals surface area (Å²) in [7, 11) is 0. The number of pyridine rings is 1. The molecule has 0 atom stereocenters. The molecule has 1 aromatic carbocycles. The Bertz CT molecular complexity index is 1240. The van der Waals surface area contributed by atoms with Crippen LogP contribution in [-0.2, 0) is 5.75 Å². The van der Waals surface area contributed by atoms with Crippen LogP contribution >= 0.6 is 23.1 Å². The van der Waals surface area contributed by atoms with Gasteiger partial charge in [-0.1, -0.05) is 18.2 Å². The number of aromatic amines is 1. The summed E-state index contributed by atoms with van der Waals surface area (Å²) in [5.74, 6) is 0.556. The van der Waals surface area contributed by atoms with E-state index in [1.165, 1.54) is 29.2 Å². The van der Waals surface area contributed by atoms with Gasteiger partial charge in [0.05, 0.1) is 17.1 Å². The van der Waals surface area contributed by atoms with Crippen molar-refractivity contribution >= 4 is 34.7 Å². The zero-order valence-corrected chi connectivity index (χ0v) is 17.6. The Kier molecular flexibility index (Phi) is 6.01. The number of thiazole rings is 1. The van der Waals surface area contributed by atoms with Crippen LogP contribution in [0.1, 0.15) is 16.3 Å². The molecule has 0 aliphatic heterocycles. The number of nitrogens with zero attached hydrogens (tertiary/aromatic N) is 3. The number of nitrogens with one attached hydrogen (secondary N) is 2. The number of hydrogen-bond donors (Lipinski definition) is 2. The molecule has 0 fully saturated rings. The molecule has 1 amide bonds. The van der Waals surface area contributed by atoms with Crippen LogP contribution in [0.2, 0.25) is 0 Å². The molecule has 0 unspecified atom stereocenters. The maximum atomic E-state index is 12.6. The molecule has 4 aromatic rings. The number of carbonyl (C=O) groups excluding carboxylic acids is 1. The fourth-order valence-electron chi connectivity index (χ4n) is 2.79. The van der Waals surface area contributed by atoms with Crippen LogP contribution in [0.3, 0.4) is 0 Å². The van der Waals surface area contributed by atoms with Crippen molar-refractivity contribution in [2.45, 2.75) is 5.75 Å². The van der Waals surface area contributed by atoms with Gasteiger partial charge < -0.3 is 10.3 Å². The zero-order valence-electron chi connectivity index (χ0n) is 16.0. The summed E-state index contributed by atoms with van der Waals surface area (Å²) in [6.45, 7) is 0. The molecular weight excluding hydrogens is 418 g/mol. The summed E-state index contributed by atoms with van der Waals surface area (Å²) < 4.78 is 0. The highest BCUT2D eigenvalue weighted by Crippen LogP contribution is 2.29. The average molecular weight is 436 g/mol. The molecule has 0 bridgehead atoms. The van der Waals surface area contributed by atoms with Crippen LogP contribution < -0.4 is 10.9 Å². The lowest BCUT2D eigenvalue weighted by Gasteiger charge is -2.07. The molecule has 2 N–H and O–H groups in total. The quantitative estimate of drug-likeness (QED) is 0.473. The topological polar surface area (TPSA) is 101 Å². The Labute approximate surface area is 180 Å². The molecule has 0 aliphatic carbocycles. The molecule has 3 heterocycles. The van der Waals surface area contributed by atoms with Gasteiger partial charge in [0.2, 0.25) is 0 Å². The number of hydrogen-bond acceptors (Lipinski definition) is 7. The van der Waals surface area contributed by atoms with E-state index >= 15 is 0 Å². The van der Waals surface area contributed by atoms with E-state index in [1.54, 1.807) is 12.3 Å². The largest absolute Gasteiger partial charge is 0.321 e. The predicted molar refractivity (Wildman–Crippen MR) is 121 cm³/mol. The van der Waals surface area contributed by atoms with Crippen molar-refractivity contribution in [2.24, 2.45) is 0 Å². The monoisotopic (exact) mass is 435 g/mol. The molecule has 0 spiro atoms. The number of rotatable bonds is 6. The van der Waals surface area contributed by atoms with E-state index in [2.05, 4.69) is 25.3 Å². The highest BCUT2D eigenvalue weighted by molar-refractivity contribution is 7.97. The molecule has 4 rings (SSSR count). The van der Waals surface area contributed by atoms with E-state index < -0.39 is 5.91 Å². The average Bonchev–Trinajstić information content (AvgIpc) is 3.25. The predicted octanol–water partition coefficient (Wildman–Crippen LogP) is 4.07. The molecule has 7 nitrogen and oxygen atoms in total. The highest BCUT2D eigenvalue weighted by Gasteiger charge is 2.12. The second-order valence-corrected chi connectivity index (χ2v) is 8.02. The van der Waals surface area contributed by atoms with Crippen LogP contribution in [-0.4, -0.2) is 32.1 Å². The third-order valence-corrected chi connectivity index (χ3v) is 5.54. The Balaban J connectivity index is 1.55. The van der Waals surface area contributed by atoms with Gasteiger partial charge in [0.15, 0.2) is 0 Å². The van der Waals surface area contributed by atoms with Crippen molar-refractivity contribution in [3.05, 3.63) is 82.0 Å². The van der Waals surface area contributed by atoms with Crippen LogP contribution in [0.5, 0.6) is 0 Å². The van der Waals surface area contributed by atoms with Gasteiger partial charge in [-0.2, -0.15) is 11.8 Å². The van der Waals surface area contributed by atoms with Gasteiger partial charge in [-0.25, -0.2) is 9.97 Å². The Morgan fingerprint density at radius 3 is 2.83 bits per heavy atom. The normalized spacial score (nSPS) is 10.7. The summed E-state index contributed by atoms with van der Waals surface area (Å²) in [5, 5.41) is 5.59. The number of thioether (sulfide) groups is 1. The molecule has 0 saturated carbocycles. The highest BCUT2D eigenvalue weighted by atomic mass is 32.2. The van der Waals surface area contributed by atoms with Gasteiger partial charge in [-0.05, 0) is 30.5 Å². The van der Waals surface area contributed by atoms with Gasteiger partial charge in [-0.15, -0.1) is 11.3 Å². The number of amides is 1. The van der Waals surface area contributed by atoms with Gasteiger partial charge in [0.25, 0.3) is 11.5 Å². The summed E-state index contributed by atoms with van der Waals surface area (Å²) in [5.41, 5.74) is 2.82. The summed E-state index contributed by atoms with van der Waals surface area (Å²) in [6, 6.07) is 14.3. The van der Waals surface area contributed by atoms with Crippen LogP contribution in [0.15, 0.2) is 64.9 Å². The first-order chi connectivity index (χ1) is 14.6. The van der Waals surface area contributed by atoms with E-state index in [-0.39, 0.29) is 11.3 Å². The van der Waals surface area contributed by atoms with Crippen LogP contribution in [0.25, 0.3) is 22.0 Å². The van der Waals surface area contributed by atoms with Gasteiger partial charge >= 0.3 is 0 Å². The van der Waals surface area contributed by atoms with E-state index in [1.807, 2.05) is 48.0 Å². The SMILES string of the molecule is CSCc1nc(C(=O)Nc2cccc(-c3csc(-c4ccccn4)n3)c2)cc(=O)[nH]1. The first-order valence-electron chi connectivity index (χ1n) is 9.00. The van der Waals surface area contributed by atoms with Gasteiger partial charge in [0, 0.05) is 28.9 Å². The molecule has 0 aliphatic rings. The number of carbonyl (C=O) groups is 1. The van der Waals surface area contributed by atoms with Gasteiger partial charge in [0.1, 0.15) is 16.5 Å². The fourth-order valence-corrected chi connectivity index (χ4v) is 4.01. The van der Waals surface area contributed by atoms with Crippen molar-refractivity contribution in [3.8, 4) is 22.0 Å². The lowest BCUT2D eigenvalue weighted by atomic mass is 10.1. The molecule has 30 heavy (non-hydrogen) atoms. The fraction of sp³-hybridized carbons (Fsp3) is 0.0952. The lowest BCUT2D eigenvalue weighted by Crippen LogP contribution is -2.20. The Hall–Kier alpha value is -3.30. The molecule has 0 saturated heterocycles. The third kappa shape index (κ3) is 4.64. The standard InChI is InChI=1S/C21H17N5O2S2/c1-29-12-18-24-16(10-19(27)26-18)20(28)23-14-6-4-5-13(9-14)17-11-30-21(25-17)15-7-2-3-8-22-15/h2-11H,12H2,1H3,(H,23,28)(H,24,26,27). The maximum absolute atomic E-state index is 12.6. The second-order valence-electron chi connectivity index (χ2n) is 6.30. The Morgan fingerprint density at radius 2 is 2.03 bits per heavy atom.